The number of hydrogen-bond acceptors (Lipinski definition) is 5. The van der Waals surface area contributed by atoms with Crippen molar-refractivity contribution in [3.05, 3.63) is 42.1 Å². The molecule has 1 aromatic heterocycles. The molecule has 4 nitrogen and oxygen atoms in total. The second-order valence-corrected chi connectivity index (χ2v) is 5.80. The molecule has 0 amide bonds. The zero-order valence-corrected chi connectivity index (χ0v) is 11.5. The minimum absolute atomic E-state index is 0.231. The maximum absolute atomic E-state index is 5.85. The van der Waals surface area contributed by atoms with E-state index in [4.69, 9.17) is 10.5 Å². The number of likely N-dealkylation sites (tertiary alicyclic amines) is 1. The molecule has 1 aromatic carbocycles. The van der Waals surface area contributed by atoms with Crippen LogP contribution in [0.3, 0.4) is 0 Å². The summed E-state index contributed by atoms with van der Waals surface area (Å²) in [5.74, 6) is 0. The molecule has 100 valence electrons. The van der Waals surface area contributed by atoms with E-state index in [1.165, 1.54) is 16.9 Å². The number of anilines is 1. The van der Waals surface area contributed by atoms with Gasteiger partial charge in [-0.15, -0.1) is 0 Å². The number of hydrogen-bond donors (Lipinski definition) is 1. The van der Waals surface area contributed by atoms with Crippen LogP contribution in [0.25, 0.3) is 0 Å². The van der Waals surface area contributed by atoms with Crippen LogP contribution in [0.2, 0.25) is 0 Å². The topological polar surface area (TPSA) is 51.4 Å². The van der Waals surface area contributed by atoms with Crippen LogP contribution in [0, 0.1) is 0 Å². The summed E-state index contributed by atoms with van der Waals surface area (Å²) in [6, 6.07) is 10.5. The largest absolute Gasteiger partial charge is 0.465 e. The Bertz CT molecular complexity index is 528. The highest BCUT2D eigenvalue weighted by atomic mass is 32.1. The van der Waals surface area contributed by atoms with E-state index in [0.29, 0.717) is 10.2 Å². The van der Waals surface area contributed by atoms with Crippen molar-refractivity contribution in [2.75, 3.05) is 18.8 Å². The van der Waals surface area contributed by atoms with Crippen molar-refractivity contribution >= 4 is 16.3 Å². The lowest BCUT2D eigenvalue weighted by atomic mass is 10.2. The van der Waals surface area contributed by atoms with Gasteiger partial charge in [0.15, 0.2) is 0 Å². The van der Waals surface area contributed by atoms with Crippen LogP contribution in [0.1, 0.15) is 12.0 Å². The van der Waals surface area contributed by atoms with E-state index in [-0.39, 0.29) is 6.10 Å². The summed E-state index contributed by atoms with van der Waals surface area (Å²) in [7, 11) is 0. The molecule has 0 radical (unpaired) electrons. The highest BCUT2D eigenvalue weighted by Crippen LogP contribution is 2.25. The standard InChI is InChI=1S/C14H17N3OS/c15-13-8-16-14(19-13)18-12-6-7-17(10-12)9-11-4-2-1-3-5-11/h1-5,8,12H,6-7,9-10,15H2. The number of nitrogens with zero attached hydrogens (tertiary/aromatic N) is 2. The zero-order valence-electron chi connectivity index (χ0n) is 10.7. The van der Waals surface area contributed by atoms with Gasteiger partial charge in [0.1, 0.15) is 11.1 Å². The molecular weight excluding hydrogens is 258 g/mol. The molecule has 0 aliphatic carbocycles. The SMILES string of the molecule is Nc1cnc(OC2CCN(Cc3ccccc3)C2)s1. The number of aromatic nitrogens is 1. The number of nitrogen functional groups attached to an aromatic ring is 1. The van der Waals surface area contributed by atoms with Gasteiger partial charge in [-0.3, -0.25) is 4.90 Å². The summed E-state index contributed by atoms with van der Waals surface area (Å²) in [4.78, 5) is 6.55. The van der Waals surface area contributed by atoms with Gasteiger partial charge in [0.25, 0.3) is 5.19 Å². The van der Waals surface area contributed by atoms with Gasteiger partial charge in [0.05, 0.1) is 6.20 Å². The molecule has 1 unspecified atom stereocenters. The fourth-order valence-corrected chi connectivity index (χ4v) is 2.94. The van der Waals surface area contributed by atoms with Gasteiger partial charge in [0, 0.05) is 19.6 Å². The average Bonchev–Trinajstić information content (AvgIpc) is 3.01. The molecule has 3 rings (SSSR count). The number of rotatable bonds is 4. The zero-order chi connectivity index (χ0) is 13.1. The van der Waals surface area contributed by atoms with Gasteiger partial charge >= 0.3 is 0 Å². The first-order valence-electron chi connectivity index (χ1n) is 6.44. The molecule has 1 atom stereocenters. The normalized spacial score (nSPS) is 19.7. The third kappa shape index (κ3) is 3.24. The van der Waals surface area contributed by atoms with Crippen LogP contribution >= 0.6 is 11.3 Å². The van der Waals surface area contributed by atoms with Gasteiger partial charge < -0.3 is 10.5 Å². The molecule has 1 fully saturated rings. The van der Waals surface area contributed by atoms with Gasteiger partial charge in [-0.2, -0.15) is 0 Å². The van der Waals surface area contributed by atoms with Gasteiger partial charge in [-0.25, -0.2) is 4.98 Å². The average molecular weight is 275 g/mol. The molecule has 0 bridgehead atoms. The minimum Gasteiger partial charge on any atom is -0.465 e. The molecule has 2 aromatic rings. The Morgan fingerprint density at radius 1 is 1.37 bits per heavy atom. The summed E-state index contributed by atoms with van der Waals surface area (Å²) < 4.78 is 5.85. The number of thiazole rings is 1. The van der Waals surface area contributed by atoms with E-state index in [1.54, 1.807) is 6.20 Å². The molecule has 0 saturated carbocycles. The van der Waals surface area contributed by atoms with Crippen LogP contribution < -0.4 is 10.5 Å². The lowest BCUT2D eigenvalue weighted by molar-refractivity contribution is 0.197. The van der Waals surface area contributed by atoms with Crippen molar-refractivity contribution in [2.45, 2.75) is 19.1 Å². The Morgan fingerprint density at radius 3 is 2.95 bits per heavy atom. The van der Waals surface area contributed by atoms with Crippen LogP contribution in [0.5, 0.6) is 5.19 Å². The first kappa shape index (κ1) is 12.4. The maximum atomic E-state index is 5.85. The molecule has 5 heteroatoms. The fourth-order valence-electron chi connectivity index (χ4n) is 2.35. The number of nitrogens with two attached hydrogens (primary N) is 1. The Morgan fingerprint density at radius 2 is 2.21 bits per heavy atom. The molecule has 19 heavy (non-hydrogen) atoms. The van der Waals surface area contributed by atoms with E-state index >= 15 is 0 Å². The minimum atomic E-state index is 0.231. The Labute approximate surface area is 116 Å². The number of ether oxygens (including phenoxy) is 1. The van der Waals surface area contributed by atoms with Crippen molar-refractivity contribution in [1.29, 1.82) is 0 Å². The lowest BCUT2D eigenvalue weighted by Gasteiger charge is -2.15. The fraction of sp³-hybridized carbons (Fsp3) is 0.357. The van der Waals surface area contributed by atoms with Gasteiger partial charge in [-0.05, 0) is 12.0 Å². The van der Waals surface area contributed by atoms with Crippen LogP contribution in [0.4, 0.5) is 5.00 Å². The van der Waals surface area contributed by atoms with Crippen LogP contribution in [0.15, 0.2) is 36.5 Å². The van der Waals surface area contributed by atoms with Crippen molar-refractivity contribution in [3.63, 3.8) is 0 Å². The van der Waals surface area contributed by atoms with Crippen molar-refractivity contribution in [1.82, 2.24) is 9.88 Å². The van der Waals surface area contributed by atoms with Gasteiger partial charge in [-0.1, -0.05) is 41.7 Å². The van der Waals surface area contributed by atoms with E-state index in [1.807, 2.05) is 6.07 Å². The molecule has 0 spiro atoms. The van der Waals surface area contributed by atoms with Crippen LogP contribution in [-0.4, -0.2) is 29.1 Å². The van der Waals surface area contributed by atoms with E-state index in [9.17, 15) is 0 Å². The molecule has 1 aliphatic heterocycles. The lowest BCUT2D eigenvalue weighted by Crippen LogP contribution is -2.24. The molecule has 1 saturated heterocycles. The molecule has 2 N–H and O–H groups in total. The maximum Gasteiger partial charge on any atom is 0.275 e. The van der Waals surface area contributed by atoms with E-state index in [0.717, 1.165) is 26.1 Å². The Balaban J connectivity index is 1.53. The van der Waals surface area contributed by atoms with Crippen molar-refractivity contribution < 1.29 is 4.74 Å². The highest BCUT2D eigenvalue weighted by molar-refractivity contribution is 7.17. The Hall–Kier alpha value is -1.59. The number of benzene rings is 1. The molecular formula is C14H17N3OS. The second-order valence-electron chi connectivity index (χ2n) is 4.78. The van der Waals surface area contributed by atoms with Crippen LogP contribution in [-0.2, 0) is 6.54 Å². The first-order chi connectivity index (χ1) is 9.29. The summed E-state index contributed by atoms with van der Waals surface area (Å²) in [6.07, 6.45) is 2.93. The predicted octanol–water partition coefficient (Wildman–Crippen LogP) is 2.38. The summed E-state index contributed by atoms with van der Waals surface area (Å²) >= 11 is 1.41. The summed E-state index contributed by atoms with van der Waals surface area (Å²) in [6.45, 7) is 3.01. The van der Waals surface area contributed by atoms with Crippen molar-refractivity contribution in [3.8, 4) is 5.19 Å². The quantitative estimate of drug-likeness (QED) is 0.931. The first-order valence-corrected chi connectivity index (χ1v) is 7.25. The van der Waals surface area contributed by atoms with Gasteiger partial charge in [0.2, 0.25) is 0 Å². The second kappa shape index (κ2) is 5.59. The predicted molar refractivity (Wildman–Crippen MR) is 77.3 cm³/mol. The van der Waals surface area contributed by atoms with E-state index < -0.39 is 0 Å². The van der Waals surface area contributed by atoms with E-state index in [2.05, 4.69) is 34.1 Å². The summed E-state index contributed by atoms with van der Waals surface area (Å²) in [5, 5.41) is 1.39. The monoisotopic (exact) mass is 275 g/mol. The van der Waals surface area contributed by atoms with Crippen molar-refractivity contribution in [2.24, 2.45) is 0 Å². The third-order valence-corrected chi connectivity index (χ3v) is 3.97. The molecule has 2 heterocycles. The summed E-state index contributed by atoms with van der Waals surface area (Å²) in [5.41, 5.74) is 7.00. The smallest absolute Gasteiger partial charge is 0.275 e. The Kier molecular flexibility index (Phi) is 3.66. The third-order valence-electron chi connectivity index (χ3n) is 3.25. The molecule has 1 aliphatic rings. The highest BCUT2D eigenvalue weighted by Gasteiger charge is 2.24.